The molecule has 2 atom stereocenters. The molecular weight excluding hydrogens is 192 g/mol. The molecule has 1 aliphatic carbocycles. The fourth-order valence-corrected chi connectivity index (χ4v) is 2.10. The number of hydrogen-bond acceptors (Lipinski definition) is 3. The van der Waals surface area contributed by atoms with Crippen LogP contribution in [0.25, 0.3) is 0 Å². The van der Waals surface area contributed by atoms with Gasteiger partial charge in [-0.2, -0.15) is 0 Å². The SMILES string of the molecule is CC1CCCCC1NC(=O)c1cnoc1. The van der Waals surface area contributed by atoms with Crippen molar-refractivity contribution in [3.05, 3.63) is 18.0 Å². The first kappa shape index (κ1) is 10.2. The number of nitrogens with zero attached hydrogens (tertiary/aromatic N) is 1. The molecule has 4 heteroatoms. The van der Waals surface area contributed by atoms with Crippen molar-refractivity contribution in [2.45, 2.75) is 38.6 Å². The highest BCUT2D eigenvalue weighted by Gasteiger charge is 2.23. The molecule has 1 fully saturated rings. The molecule has 2 unspecified atom stereocenters. The van der Waals surface area contributed by atoms with Crippen molar-refractivity contribution in [2.75, 3.05) is 0 Å². The van der Waals surface area contributed by atoms with Crippen molar-refractivity contribution < 1.29 is 9.32 Å². The summed E-state index contributed by atoms with van der Waals surface area (Å²) in [6.45, 7) is 2.19. The standard InChI is InChI=1S/C11H16N2O2/c1-8-4-2-3-5-10(8)13-11(14)9-6-12-15-7-9/h6-8,10H,2-5H2,1H3,(H,13,14). The molecule has 0 aromatic carbocycles. The fraction of sp³-hybridized carbons (Fsp3) is 0.636. The molecule has 15 heavy (non-hydrogen) atoms. The Morgan fingerprint density at radius 2 is 2.33 bits per heavy atom. The zero-order valence-corrected chi connectivity index (χ0v) is 8.90. The summed E-state index contributed by atoms with van der Waals surface area (Å²) in [7, 11) is 0. The van der Waals surface area contributed by atoms with Crippen molar-refractivity contribution in [1.29, 1.82) is 0 Å². The Hall–Kier alpha value is -1.32. The van der Waals surface area contributed by atoms with E-state index >= 15 is 0 Å². The number of carbonyl (C=O) groups is 1. The van der Waals surface area contributed by atoms with Crippen molar-refractivity contribution >= 4 is 5.91 Å². The van der Waals surface area contributed by atoms with Gasteiger partial charge in [0.1, 0.15) is 6.26 Å². The van der Waals surface area contributed by atoms with Crippen molar-refractivity contribution in [1.82, 2.24) is 10.5 Å². The lowest BCUT2D eigenvalue weighted by molar-refractivity contribution is 0.0909. The van der Waals surface area contributed by atoms with Gasteiger partial charge in [0.2, 0.25) is 0 Å². The van der Waals surface area contributed by atoms with Crippen LogP contribution in [0, 0.1) is 5.92 Å². The highest BCUT2D eigenvalue weighted by atomic mass is 16.5. The summed E-state index contributed by atoms with van der Waals surface area (Å²) in [6.07, 6.45) is 7.60. The van der Waals surface area contributed by atoms with E-state index in [1.165, 1.54) is 31.7 Å². The normalized spacial score (nSPS) is 26.2. The Kier molecular flexibility index (Phi) is 3.04. The molecule has 1 saturated carbocycles. The third kappa shape index (κ3) is 2.37. The van der Waals surface area contributed by atoms with E-state index in [0.29, 0.717) is 17.5 Å². The lowest BCUT2D eigenvalue weighted by Gasteiger charge is -2.29. The maximum Gasteiger partial charge on any atom is 0.256 e. The minimum absolute atomic E-state index is 0.0741. The van der Waals surface area contributed by atoms with Crippen molar-refractivity contribution in [3.8, 4) is 0 Å². The van der Waals surface area contributed by atoms with Gasteiger partial charge in [0.15, 0.2) is 0 Å². The lowest BCUT2D eigenvalue weighted by Crippen LogP contribution is -2.40. The quantitative estimate of drug-likeness (QED) is 0.808. The van der Waals surface area contributed by atoms with Gasteiger partial charge >= 0.3 is 0 Å². The molecule has 2 rings (SSSR count). The van der Waals surface area contributed by atoms with Gasteiger partial charge in [-0.1, -0.05) is 24.9 Å². The lowest BCUT2D eigenvalue weighted by atomic mass is 9.86. The zero-order valence-electron chi connectivity index (χ0n) is 8.90. The molecule has 0 spiro atoms. The van der Waals surface area contributed by atoms with E-state index in [0.717, 1.165) is 6.42 Å². The Morgan fingerprint density at radius 1 is 1.53 bits per heavy atom. The van der Waals surface area contributed by atoms with Crippen molar-refractivity contribution in [2.24, 2.45) is 5.92 Å². The summed E-state index contributed by atoms with van der Waals surface area (Å²) < 4.78 is 4.64. The summed E-state index contributed by atoms with van der Waals surface area (Å²) in [5, 5.41) is 6.55. The van der Waals surface area contributed by atoms with Gasteiger partial charge in [-0.15, -0.1) is 0 Å². The molecule has 1 N–H and O–H groups in total. The van der Waals surface area contributed by atoms with Gasteiger partial charge in [0.05, 0.1) is 11.8 Å². The zero-order chi connectivity index (χ0) is 10.7. The van der Waals surface area contributed by atoms with Crippen LogP contribution >= 0.6 is 0 Å². The van der Waals surface area contributed by atoms with Gasteiger partial charge in [0.25, 0.3) is 5.91 Å². The number of hydrogen-bond donors (Lipinski definition) is 1. The van der Waals surface area contributed by atoms with Crippen LogP contribution in [0.5, 0.6) is 0 Å². The smallest absolute Gasteiger partial charge is 0.256 e. The van der Waals surface area contributed by atoms with Gasteiger partial charge in [0, 0.05) is 6.04 Å². The maximum absolute atomic E-state index is 11.7. The Balaban J connectivity index is 1.93. The number of carbonyl (C=O) groups excluding carboxylic acids is 1. The summed E-state index contributed by atoms with van der Waals surface area (Å²) in [6, 6.07) is 0.307. The largest absolute Gasteiger partial charge is 0.364 e. The first-order valence-electron chi connectivity index (χ1n) is 5.47. The first-order valence-corrected chi connectivity index (χ1v) is 5.47. The molecule has 4 nitrogen and oxygen atoms in total. The molecule has 1 aromatic heterocycles. The van der Waals surface area contributed by atoms with Crippen LogP contribution in [0.4, 0.5) is 0 Å². The van der Waals surface area contributed by atoms with Crippen molar-refractivity contribution in [3.63, 3.8) is 0 Å². The van der Waals surface area contributed by atoms with E-state index in [-0.39, 0.29) is 5.91 Å². The van der Waals surface area contributed by atoms with Crippen LogP contribution in [-0.2, 0) is 0 Å². The van der Waals surface area contributed by atoms with Crippen LogP contribution in [-0.4, -0.2) is 17.1 Å². The molecule has 0 aliphatic heterocycles. The molecule has 82 valence electrons. The van der Waals surface area contributed by atoms with Crippen LogP contribution in [0.1, 0.15) is 43.0 Å². The summed E-state index contributed by atoms with van der Waals surface area (Å²) >= 11 is 0. The number of nitrogens with one attached hydrogen (secondary N) is 1. The maximum atomic E-state index is 11.7. The predicted octanol–water partition coefficient (Wildman–Crippen LogP) is 1.98. The van der Waals surface area contributed by atoms with E-state index in [2.05, 4.69) is 21.9 Å². The molecule has 1 amide bonds. The Labute approximate surface area is 89.0 Å². The number of amides is 1. The second-order valence-corrected chi connectivity index (χ2v) is 4.25. The highest BCUT2D eigenvalue weighted by Crippen LogP contribution is 2.23. The van der Waals surface area contributed by atoms with E-state index < -0.39 is 0 Å². The van der Waals surface area contributed by atoms with E-state index in [1.807, 2.05) is 0 Å². The minimum Gasteiger partial charge on any atom is -0.364 e. The molecular formula is C11H16N2O2. The highest BCUT2D eigenvalue weighted by molar-refractivity contribution is 5.93. The summed E-state index contributed by atoms with van der Waals surface area (Å²) in [5.74, 6) is 0.498. The number of rotatable bonds is 2. The molecule has 1 heterocycles. The van der Waals surface area contributed by atoms with Crippen LogP contribution < -0.4 is 5.32 Å². The van der Waals surface area contributed by atoms with E-state index in [4.69, 9.17) is 0 Å². The van der Waals surface area contributed by atoms with Crippen LogP contribution in [0.3, 0.4) is 0 Å². The molecule has 1 aromatic rings. The fourth-order valence-electron chi connectivity index (χ4n) is 2.10. The average molecular weight is 208 g/mol. The molecule has 1 aliphatic rings. The summed E-state index contributed by atoms with van der Waals surface area (Å²) in [4.78, 5) is 11.7. The summed E-state index contributed by atoms with van der Waals surface area (Å²) in [5.41, 5.74) is 0.507. The second kappa shape index (κ2) is 4.47. The third-order valence-electron chi connectivity index (χ3n) is 3.12. The topological polar surface area (TPSA) is 55.1 Å². The minimum atomic E-state index is -0.0741. The van der Waals surface area contributed by atoms with E-state index in [9.17, 15) is 4.79 Å². The second-order valence-electron chi connectivity index (χ2n) is 4.25. The third-order valence-corrected chi connectivity index (χ3v) is 3.12. The van der Waals surface area contributed by atoms with Gasteiger partial charge in [-0.05, 0) is 18.8 Å². The Morgan fingerprint density at radius 3 is 3.00 bits per heavy atom. The van der Waals surface area contributed by atoms with Gasteiger partial charge < -0.3 is 9.84 Å². The van der Waals surface area contributed by atoms with Crippen LogP contribution in [0.15, 0.2) is 17.0 Å². The molecule has 0 bridgehead atoms. The van der Waals surface area contributed by atoms with E-state index in [1.54, 1.807) is 0 Å². The first-order chi connectivity index (χ1) is 7.27. The monoisotopic (exact) mass is 208 g/mol. The predicted molar refractivity (Wildman–Crippen MR) is 55.4 cm³/mol. The average Bonchev–Trinajstić information content (AvgIpc) is 2.74. The van der Waals surface area contributed by atoms with Crippen LogP contribution in [0.2, 0.25) is 0 Å². The molecule has 0 saturated heterocycles. The number of aromatic nitrogens is 1. The Bertz CT molecular complexity index is 321. The van der Waals surface area contributed by atoms with Gasteiger partial charge in [-0.3, -0.25) is 4.79 Å². The molecule has 0 radical (unpaired) electrons. The van der Waals surface area contributed by atoms with Gasteiger partial charge in [-0.25, -0.2) is 0 Å².